The van der Waals surface area contributed by atoms with Crippen molar-refractivity contribution in [3.05, 3.63) is 24.3 Å². The highest BCUT2D eigenvalue weighted by Crippen LogP contribution is 2.24. The number of thiocarbonyl (C=S) groups is 1. The second-order valence-electron chi connectivity index (χ2n) is 2.34. The van der Waals surface area contributed by atoms with Crippen LogP contribution in [0.4, 0.5) is 18.9 Å². The highest BCUT2D eigenvalue weighted by Gasteiger charge is 2.31. The van der Waals surface area contributed by atoms with Crippen LogP contribution in [-0.2, 0) is 0 Å². The predicted molar refractivity (Wildman–Crippen MR) is 50.4 cm³/mol. The number of hydrogen-bond acceptors (Lipinski definition) is 2. The summed E-state index contributed by atoms with van der Waals surface area (Å²) in [6, 6.07) is 5.42. The standard InChI is InChI=1S/C8H6F3NOS/c9-8(10,11)13-7-3-1-2-6(4-7)12-5-14/h1-5H,(H,12,14). The van der Waals surface area contributed by atoms with E-state index < -0.39 is 6.36 Å². The molecule has 2 nitrogen and oxygen atoms in total. The van der Waals surface area contributed by atoms with Crippen LogP contribution in [0.15, 0.2) is 24.3 Å². The van der Waals surface area contributed by atoms with Crippen molar-refractivity contribution < 1.29 is 17.9 Å². The highest BCUT2D eigenvalue weighted by molar-refractivity contribution is 7.79. The summed E-state index contributed by atoms with van der Waals surface area (Å²) in [5.74, 6) is -0.278. The molecule has 0 aliphatic rings. The fourth-order valence-corrected chi connectivity index (χ4v) is 0.987. The van der Waals surface area contributed by atoms with Crippen LogP contribution in [0.3, 0.4) is 0 Å². The van der Waals surface area contributed by atoms with Gasteiger partial charge in [0.2, 0.25) is 0 Å². The van der Waals surface area contributed by atoms with Crippen molar-refractivity contribution in [2.24, 2.45) is 0 Å². The molecule has 0 unspecified atom stereocenters. The highest BCUT2D eigenvalue weighted by atomic mass is 32.1. The number of anilines is 1. The van der Waals surface area contributed by atoms with Gasteiger partial charge in [-0.25, -0.2) is 0 Å². The molecule has 1 aromatic carbocycles. The summed E-state index contributed by atoms with van der Waals surface area (Å²) in [5, 5.41) is 2.58. The van der Waals surface area contributed by atoms with Crippen LogP contribution >= 0.6 is 12.2 Å². The molecule has 1 rings (SSSR count). The number of nitrogens with one attached hydrogen (secondary N) is 1. The second kappa shape index (κ2) is 4.28. The van der Waals surface area contributed by atoms with Gasteiger partial charge in [-0.05, 0) is 12.1 Å². The van der Waals surface area contributed by atoms with E-state index in [0.29, 0.717) is 5.69 Å². The number of hydrogen-bond donors (Lipinski definition) is 1. The van der Waals surface area contributed by atoms with Gasteiger partial charge in [-0.1, -0.05) is 18.3 Å². The van der Waals surface area contributed by atoms with Gasteiger partial charge >= 0.3 is 6.36 Å². The molecule has 0 spiro atoms. The first-order valence-electron chi connectivity index (χ1n) is 3.57. The Kier molecular flexibility index (Phi) is 3.29. The summed E-state index contributed by atoms with van der Waals surface area (Å²) < 4.78 is 39.1. The normalized spacial score (nSPS) is 10.8. The molecule has 1 aromatic rings. The van der Waals surface area contributed by atoms with Gasteiger partial charge in [0.05, 0.1) is 5.49 Å². The molecule has 0 fully saturated rings. The van der Waals surface area contributed by atoms with Crippen molar-refractivity contribution >= 4 is 23.4 Å². The molecule has 0 atom stereocenters. The molecule has 76 valence electrons. The van der Waals surface area contributed by atoms with Crippen molar-refractivity contribution in [3.63, 3.8) is 0 Å². The number of halogens is 3. The molecule has 0 aliphatic carbocycles. The predicted octanol–water partition coefficient (Wildman–Crippen LogP) is 2.95. The third-order valence-electron chi connectivity index (χ3n) is 1.29. The van der Waals surface area contributed by atoms with E-state index in [4.69, 9.17) is 0 Å². The second-order valence-corrected chi connectivity index (χ2v) is 2.57. The van der Waals surface area contributed by atoms with Crippen LogP contribution in [0, 0.1) is 0 Å². The summed E-state index contributed by atoms with van der Waals surface area (Å²) in [6.45, 7) is 0. The molecule has 14 heavy (non-hydrogen) atoms. The maximum atomic E-state index is 11.8. The summed E-state index contributed by atoms with van der Waals surface area (Å²) in [4.78, 5) is 0. The molecule has 6 heteroatoms. The quantitative estimate of drug-likeness (QED) is 0.793. The molecule has 1 N–H and O–H groups in total. The Morgan fingerprint density at radius 2 is 2.07 bits per heavy atom. The average molecular weight is 221 g/mol. The summed E-state index contributed by atoms with van der Waals surface area (Å²) in [5.41, 5.74) is 1.65. The minimum atomic E-state index is -4.67. The molecular weight excluding hydrogens is 215 g/mol. The first-order chi connectivity index (χ1) is 6.51. The lowest BCUT2D eigenvalue weighted by molar-refractivity contribution is -0.274. The molecule has 0 aliphatic heterocycles. The average Bonchev–Trinajstić information content (AvgIpc) is 2.02. The van der Waals surface area contributed by atoms with E-state index in [1.807, 2.05) is 0 Å². The Bertz CT molecular complexity index is 327. The van der Waals surface area contributed by atoms with Gasteiger partial charge in [0.15, 0.2) is 0 Å². The largest absolute Gasteiger partial charge is 0.573 e. The van der Waals surface area contributed by atoms with E-state index in [2.05, 4.69) is 22.3 Å². The zero-order valence-corrected chi connectivity index (χ0v) is 7.65. The Morgan fingerprint density at radius 3 is 2.64 bits per heavy atom. The van der Waals surface area contributed by atoms with Crippen LogP contribution in [-0.4, -0.2) is 11.9 Å². The van der Waals surface area contributed by atoms with Crippen LogP contribution in [0.1, 0.15) is 0 Å². The van der Waals surface area contributed by atoms with Gasteiger partial charge in [-0.3, -0.25) is 0 Å². The van der Waals surface area contributed by atoms with Crippen molar-refractivity contribution in [1.82, 2.24) is 0 Å². The van der Waals surface area contributed by atoms with Crippen LogP contribution in [0.5, 0.6) is 5.75 Å². The summed E-state index contributed by atoms with van der Waals surface area (Å²) >= 11 is 4.49. The Balaban J connectivity index is 2.78. The molecule has 0 heterocycles. The monoisotopic (exact) mass is 221 g/mol. The topological polar surface area (TPSA) is 21.3 Å². The first-order valence-corrected chi connectivity index (χ1v) is 4.04. The fourth-order valence-electron chi connectivity index (χ4n) is 0.851. The maximum Gasteiger partial charge on any atom is 0.573 e. The number of alkyl halides is 3. The molecule has 0 aromatic heterocycles. The van der Waals surface area contributed by atoms with Gasteiger partial charge < -0.3 is 10.1 Å². The van der Waals surface area contributed by atoms with E-state index in [1.54, 1.807) is 6.07 Å². The van der Waals surface area contributed by atoms with Crippen LogP contribution in [0.2, 0.25) is 0 Å². The maximum absolute atomic E-state index is 11.8. The molecule has 0 bridgehead atoms. The van der Waals surface area contributed by atoms with Gasteiger partial charge in [0, 0.05) is 11.8 Å². The molecule has 0 amide bonds. The smallest absolute Gasteiger partial charge is 0.406 e. The number of rotatable bonds is 3. The van der Waals surface area contributed by atoms with Crippen molar-refractivity contribution in [2.75, 3.05) is 5.32 Å². The lowest BCUT2D eigenvalue weighted by Crippen LogP contribution is -2.17. The molecule has 0 radical (unpaired) electrons. The summed E-state index contributed by atoms with van der Waals surface area (Å²) in [6.07, 6.45) is -4.67. The van der Waals surface area contributed by atoms with E-state index in [9.17, 15) is 13.2 Å². The van der Waals surface area contributed by atoms with Gasteiger partial charge in [0.1, 0.15) is 5.75 Å². The Morgan fingerprint density at radius 1 is 1.36 bits per heavy atom. The third-order valence-corrected chi connectivity index (χ3v) is 1.41. The minimum Gasteiger partial charge on any atom is -0.406 e. The zero-order valence-electron chi connectivity index (χ0n) is 6.84. The van der Waals surface area contributed by atoms with Gasteiger partial charge in [-0.15, -0.1) is 13.2 Å². The third kappa shape index (κ3) is 3.61. The lowest BCUT2D eigenvalue weighted by Gasteiger charge is -2.09. The molecule has 0 saturated carbocycles. The lowest BCUT2D eigenvalue weighted by atomic mass is 10.3. The Hall–Kier alpha value is -1.30. The Labute approximate surface area is 83.7 Å². The fraction of sp³-hybridized carbons (Fsp3) is 0.125. The number of ether oxygens (including phenoxy) is 1. The van der Waals surface area contributed by atoms with Crippen LogP contribution in [0.25, 0.3) is 0 Å². The zero-order chi connectivity index (χ0) is 10.6. The van der Waals surface area contributed by atoms with E-state index >= 15 is 0 Å². The van der Waals surface area contributed by atoms with E-state index in [0.717, 1.165) is 0 Å². The minimum absolute atomic E-state index is 0.278. The van der Waals surface area contributed by atoms with Crippen molar-refractivity contribution in [2.45, 2.75) is 6.36 Å². The first kappa shape index (κ1) is 10.8. The molecule has 0 saturated heterocycles. The molecular formula is C8H6F3NOS. The van der Waals surface area contributed by atoms with Gasteiger partial charge in [0.25, 0.3) is 0 Å². The van der Waals surface area contributed by atoms with Crippen molar-refractivity contribution in [1.29, 1.82) is 0 Å². The van der Waals surface area contributed by atoms with E-state index in [1.165, 1.54) is 23.7 Å². The van der Waals surface area contributed by atoms with E-state index in [-0.39, 0.29) is 5.75 Å². The SMILES string of the molecule is FC(F)(F)Oc1cccc(NC=S)c1. The van der Waals surface area contributed by atoms with Gasteiger partial charge in [-0.2, -0.15) is 0 Å². The van der Waals surface area contributed by atoms with Crippen molar-refractivity contribution in [3.8, 4) is 5.75 Å². The van der Waals surface area contributed by atoms with Crippen LogP contribution < -0.4 is 10.1 Å². The number of benzene rings is 1. The summed E-state index contributed by atoms with van der Waals surface area (Å²) in [7, 11) is 0.